The molecule has 62 valence electrons. The molecule has 0 aromatic carbocycles. The van der Waals surface area contributed by atoms with E-state index in [-0.39, 0.29) is 0 Å². The standard InChI is InChI=1S/C8H10N4/c1-2-6-4-12-5-10-7(9)3-8(12)11-6/h3-5H,2,9H2,1H3. The van der Waals surface area contributed by atoms with Crippen LogP contribution in [0.25, 0.3) is 5.65 Å². The highest BCUT2D eigenvalue weighted by atomic mass is 15.1. The molecule has 0 spiro atoms. The molecule has 0 atom stereocenters. The normalized spacial score (nSPS) is 10.8. The maximum absolute atomic E-state index is 5.51. The topological polar surface area (TPSA) is 56.2 Å². The molecule has 4 heteroatoms. The van der Waals surface area contributed by atoms with Gasteiger partial charge in [0.15, 0.2) is 0 Å². The van der Waals surface area contributed by atoms with Crippen LogP contribution < -0.4 is 5.73 Å². The minimum Gasteiger partial charge on any atom is -0.384 e. The van der Waals surface area contributed by atoms with Crippen LogP contribution in [0.1, 0.15) is 12.6 Å². The SMILES string of the molecule is CCc1cn2cnc(N)cc2n1. The van der Waals surface area contributed by atoms with Crippen LogP contribution in [0.4, 0.5) is 5.82 Å². The van der Waals surface area contributed by atoms with E-state index in [1.807, 2.05) is 10.6 Å². The van der Waals surface area contributed by atoms with Gasteiger partial charge < -0.3 is 5.73 Å². The summed E-state index contributed by atoms with van der Waals surface area (Å²) in [5.74, 6) is 0.510. The Kier molecular flexibility index (Phi) is 1.46. The fourth-order valence-corrected chi connectivity index (χ4v) is 1.13. The lowest BCUT2D eigenvalue weighted by molar-refractivity contribution is 1.06. The van der Waals surface area contributed by atoms with Gasteiger partial charge in [-0.1, -0.05) is 6.92 Å². The number of hydrogen-bond donors (Lipinski definition) is 1. The minimum absolute atomic E-state index is 0.510. The van der Waals surface area contributed by atoms with E-state index in [0.29, 0.717) is 5.82 Å². The minimum atomic E-state index is 0.510. The first kappa shape index (κ1) is 7.09. The Hall–Kier alpha value is -1.58. The van der Waals surface area contributed by atoms with Gasteiger partial charge in [0, 0.05) is 12.3 Å². The van der Waals surface area contributed by atoms with Crippen LogP contribution in [0.5, 0.6) is 0 Å². The average Bonchev–Trinajstić information content (AvgIpc) is 2.46. The third-order valence-electron chi connectivity index (χ3n) is 1.78. The molecule has 12 heavy (non-hydrogen) atoms. The summed E-state index contributed by atoms with van der Waals surface area (Å²) in [6.07, 6.45) is 4.57. The second-order valence-electron chi connectivity index (χ2n) is 2.67. The zero-order valence-corrected chi connectivity index (χ0v) is 6.86. The lowest BCUT2D eigenvalue weighted by Gasteiger charge is -1.91. The number of anilines is 1. The average molecular weight is 162 g/mol. The molecule has 0 saturated carbocycles. The molecule has 2 heterocycles. The fraction of sp³-hybridized carbons (Fsp3) is 0.250. The number of aryl methyl sites for hydroxylation is 1. The molecule has 2 N–H and O–H groups in total. The Labute approximate surface area is 70.1 Å². The summed E-state index contributed by atoms with van der Waals surface area (Å²) in [5, 5.41) is 0. The summed E-state index contributed by atoms with van der Waals surface area (Å²) in [7, 11) is 0. The molecule has 4 nitrogen and oxygen atoms in total. The van der Waals surface area contributed by atoms with E-state index >= 15 is 0 Å². The first-order valence-electron chi connectivity index (χ1n) is 3.88. The second-order valence-corrected chi connectivity index (χ2v) is 2.67. The van der Waals surface area contributed by atoms with E-state index in [4.69, 9.17) is 5.73 Å². The van der Waals surface area contributed by atoms with Crippen molar-refractivity contribution in [2.75, 3.05) is 5.73 Å². The smallest absolute Gasteiger partial charge is 0.141 e. The third-order valence-corrected chi connectivity index (χ3v) is 1.78. The fourth-order valence-electron chi connectivity index (χ4n) is 1.13. The zero-order chi connectivity index (χ0) is 8.55. The first-order chi connectivity index (χ1) is 5.79. The van der Waals surface area contributed by atoms with Crippen LogP contribution in [-0.4, -0.2) is 14.4 Å². The molecule has 0 unspecified atom stereocenters. The molecule has 0 bridgehead atoms. The largest absolute Gasteiger partial charge is 0.384 e. The zero-order valence-electron chi connectivity index (χ0n) is 6.86. The lowest BCUT2D eigenvalue weighted by atomic mass is 10.4. The number of aromatic nitrogens is 3. The van der Waals surface area contributed by atoms with Crippen LogP contribution in [0.15, 0.2) is 18.6 Å². The van der Waals surface area contributed by atoms with Gasteiger partial charge in [-0.2, -0.15) is 0 Å². The molecular weight excluding hydrogens is 152 g/mol. The van der Waals surface area contributed by atoms with E-state index in [0.717, 1.165) is 17.8 Å². The Bertz CT molecular complexity index is 404. The molecule has 0 saturated heterocycles. The second kappa shape index (κ2) is 2.48. The number of nitrogen functional groups attached to an aromatic ring is 1. The maximum Gasteiger partial charge on any atom is 0.141 e. The van der Waals surface area contributed by atoms with Gasteiger partial charge in [-0.15, -0.1) is 0 Å². The molecule has 0 aliphatic heterocycles. The molecule has 0 amide bonds. The van der Waals surface area contributed by atoms with Crippen LogP contribution in [0, 0.1) is 0 Å². The van der Waals surface area contributed by atoms with Crippen molar-refractivity contribution in [1.29, 1.82) is 0 Å². The monoisotopic (exact) mass is 162 g/mol. The van der Waals surface area contributed by atoms with Gasteiger partial charge in [0.05, 0.1) is 5.69 Å². The van der Waals surface area contributed by atoms with Gasteiger partial charge in [-0.05, 0) is 6.42 Å². The van der Waals surface area contributed by atoms with E-state index in [9.17, 15) is 0 Å². The predicted octanol–water partition coefficient (Wildman–Crippen LogP) is 0.874. The van der Waals surface area contributed by atoms with E-state index < -0.39 is 0 Å². The summed E-state index contributed by atoms with van der Waals surface area (Å²) in [5.41, 5.74) is 7.43. The van der Waals surface area contributed by atoms with Crippen LogP contribution in [-0.2, 0) is 6.42 Å². The highest BCUT2D eigenvalue weighted by Gasteiger charge is 1.99. The van der Waals surface area contributed by atoms with E-state index in [1.54, 1.807) is 12.4 Å². The van der Waals surface area contributed by atoms with Crippen molar-refractivity contribution in [3.63, 3.8) is 0 Å². The van der Waals surface area contributed by atoms with Gasteiger partial charge in [0.1, 0.15) is 17.8 Å². The predicted molar refractivity (Wildman–Crippen MR) is 46.8 cm³/mol. The summed E-state index contributed by atoms with van der Waals surface area (Å²) in [4.78, 5) is 8.29. The van der Waals surface area contributed by atoms with E-state index in [2.05, 4.69) is 16.9 Å². The Morgan fingerprint density at radius 2 is 2.42 bits per heavy atom. The molecule has 0 aliphatic rings. The van der Waals surface area contributed by atoms with Gasteiger partial charge >= 0.3 is 0 Å². The highest BCUT2D eigenvalue weighted by Crippen LogP contribution is 2.06. The third kappa shape index (κ3) is 1.01. The lowest BCUT2D eigenvalue weighted by Crippen LogP contribution is -1.92. The van der Waals surface area contributed by atoms with Crippen LogP contribution in [0.2, 0.25) is 0 Å². The van der Waals surface area contributed by atoms with Gasteiger partial charge in [-0.3, -0.25) is 4.40 Å². The Balaban J connectivity index is 2.67. The Morgan fingerprint density at radius 3 is 3.17 bits per heavy atom. The van der Waals surface area contributed by atoms with E-state index in [1.165, 1.54) is 0 Å². The molecule has 2 aromatic heterocycles. The molecule has 2 aromatic rings. The van der Waals surface area contributed by atoms with Crippen molar-refractivity contribution in [3.8, 4) is 0 Å². The first-order valence-corrected chi connectivity index (χ1v) is 3.88. The summed E-state index contributed by atoms with van der Waals surface area (Å²) in [6.45, 7) is 2.07. The van der Waals surface area contributed by atoms with Gasteiger partial charge in [0.2, 0.25) is 0 Å². The molecule has 0 fully saturated rings. The van der Waals surface area contributed by atoms with Crippen molar-refractivity contribution >= 4 is 11.5 Å². The Morgan fingerprint density at radius 1 is 1.58 bits per heavy atom. The molecule has 0 aliphatic carbocycles. The number of hydrogen-bond acceptors (Lipinski definition) is 3. The quantitative estimate of drug-likeness (QED) is 0.677. The number of imidazole rings is 1. The summed E-state index contributed by atoms with van der Waals surface area (Å²) < 4.78 is 1.87. The van der Waals surface area contributed by atoms with Crippen molar-refractivity contribution in [2.24, 2.45) is 0 Å². The van der Waals surface area contributed by atoms with Gasteiger partial charge in [0.25, 0.3) is 0 Å². The number of rotatable bonds is 1. The van der Waals surface area contributed by atoms with Crippen molar-refractivity contribution < 1.29 is 0 Å². The number of nitrogens with two attached hydrogens (primary N) is 1. The van der Waals surface area contributed by atoms with Gasteiger partial charge in [-0.25, -0.2) is 9.97 Å². The number of fused-ring (bicyclic) bond motifs is 1. The maximum atomic E-state index is 5.51. The summed E-state index contributed by atoms with van der Waals surface area (Å²) >= 11 is 0. The van der Waals surface area contributed by atoms with Crippen molar-refractivity contribution in [2.45, 2.75) is 13.3 Å². The molecule has 0 radical (unpaired) electrons. The molecular formula is C8H10N4. The number of nitrogens with zero attached hydrogens (tertiary/aromatic N) is 3. The van der Waals surface area contributed by atoms with Crippen LogP contribution >= 0.6 is 0 Å². The van der Waals surface area contributed by atoms with Crippen molar-refractivity contribution in [3.05, 3.63) is 24.3 Å². The van der Waals surface area contributed by atoms with Crippen LogP contribution in [0.3, 0.4) is 0 Å². The molecule has 2 rings (SSSR count). The highest BCUT2D eigenvalue weighted by molar-refractivity contribution is 5.47. The van der Waals surface area contributed by atoms with Crippen molar-refractivity contribution in [1.82, 2.24) is 14.4 Å². The summed E-state index contributed by atoms with van der Waals surface area (Å²) in [6, 6.07) is 1.76.